The van der Waals surface area contributed by atoms with Gasteiger partial charge in [0.25, 0.3) is 0 Å². The van der Waals surface area contributed by atoms with Crippen LogP contribution in [0.25, 0.3) is 6.08 Å². The molecule has 1 rings (SSSR count). The average Bonchev–Trinajstić information content (AvgIpc) is 2.41. The molecule has 1 aromatic heterocycles. The number of carbonyl (C=O) groups excluding carboxylic acids is 1. The molecule has 52 valence electrons. The maximum Gasteiger partial charge on any atom is 0.211 e. The molecule has 3 heteroatoms. The lowest BCUT2D eigenvalue weighted by Crippen LogP contribution is -1.97. The average molecular weight is 153 g/mol. The third-order valence-corrected chi connectivity index (χ3v) is 1.79. The minimum Gasteiger partial charge on any atom is -0.335 e. The van der Waals surface area contributed by atoms with Crippen molar-refractivity contribution in [1.29, 1.82) is 0 Å². The standard InChI is InChI=1S/C7H7NOS/c9-6-8-4-3-7-2-1-5-10-7/h1-6H,(H,8,9)/b4-3+. The highest BCUT2D eigenvalue weighted by atomic mass is 32.1. The van der Waals surface area contributed by atoms with E-state index in [2.05, 4.69) is 5.32 Å². The molecule has 1 heterocycles. The second-order valence-corrected chi connectivity index (χ2v) is 2.61. The summed E-state index contributed by atoms with van der Waals surface area (Å²) in [4.78, 5) is 10.9. The molecule has 0 radical (unpaired) electrons. The van der Waals surface area contributed by atoms with Crippen LogP contribution in [0, 0.1) is 0 Å². The van der Waals surface area contributed by atoms with Crippen LogP contribution >= 0.6 is 11.3 Å². The van der Waals surface area contributed by atoms with Gasteiger partial charge in [0.2, 0.25) is 6.41 Å². The van der Waals surface area contributed by atoms with Crippen LogP contribution in [0.1, 0.15) is 4.88 Å². The number of thiophene rings is 1. The van der Waals surface area contributed by atoms with Crippen molar-refractivity contribution in [3.8, 4) is 0 Å². The lowest BCUT2D eigenvalue weighted by molar-refractivity contribution is -0.108. The summed E-state index contributed by atoms with van der Waals surface area (Å²) in [5, 5.41) is 4.42. The Morgan fingerprint density at radius 1 is 1.60 bits per heavy atom. The smallest absolute Gasteiger partial charge is 0.211 e. The highest BCUT2D eigenvalue weighted by molar-refractivity contribution is 7.10. The van der Waals surface area contributed by atoms with Gasteiger partial charge in [-0.1, -0.05) is 6.07 Å². The Morgan fingerprint density at radius 3 is 3.10 bits per heavy atom. The Bertz CT molecular complexity index is 216. The molecule has 0 saturated carbocycles. The van der Waals surface area contributed by atoms with Gasteiger partial charge >= 0.3 is 0 Å². The summed E-state index contributed by atoms with van der Waals surface area (Å²) in [5.41, 5.74) is 0. The first-order valence-electron chi connectivity index (χ1n) is 2.83. The second kappa shape index (κ2) is 3.85. The van der Waals surface area contributed by atoms with Crippen molar-refractivity contribution in [3.63, 3.8) is 0 Å². The first kappa shape index (κ1) is 7.02. The molecule has 0 unspecified atom stereocenters. The zero-order valence-corrected chi connectivity index (χ0v) is 6.10. The second-order valence-electron chi connectivity index (χ2n) is 1.63. The fraction of sp³-hybridized carbons (Fsp3) is 0. The van der Waals surface area contributed by atoms with Gasteiger partial charge in [-0.2, -0.15) is 0 Å². The molecule has 0 bridgehead atoms. The van der Waals surface area contributed by atoms with Gasteiger partial charge in [-0.15, -0.1) is 11.3 Å². The van der Waals surface area contributed by atoms with Crippen LogP contribution in [-0.4, -0.2) is 6.41 Å². The van der Waals surface area contributed by atoms with Gasteiger partial charge in [-0.3, -0.25) is 4.79 Å². The summed E-state index contributed by atoms with van der Waals surface area (Å²) in [6, 6.07) is 3.94. The third-order valence-electron chi connectivity index (χ3n) is 0.955. The molecule has 0 atom stereocenters. The van der Waals surface area contributed by atoms with Gasteiger partial charge in [0.1, 0.15) is 0 Å². The highest BCUT2D eigenvalue weighted by Gasteiger charge is 1.82. The summed E-state index contributed by atoms with van der Waals surface area (Å²) in [6.45, 7) is 0. The van der Waals surface area contributed by atoms with Crippen LogP contribution in [0.4, 0.5) is 0 Å². The maximum absolute atomic E-state index is 9.77. The van der Waals surface area contributed by atoms with E-state index in [1.165, 1.54) is 0 Å². The van der Waals surface area contributed by atoms with E-state index in [0.29, 0.717) is 6.41 Å². The molecule has 0 aliphatic carbocycles. The number of hydrogen-bond donors (Lipinski definition) is 1. The summed E-state index contributed by atoms with van der Waals surface area (Å²) in [5.74, 6) is 0. The fourth-order valence-electron chi connectivity index (χ4n) is 0.556. The Hall–Kier alpha value is -1.09. The minimum atomic E-state index is 0.643. The van der Waals surface area contributed by atoms with E-state index >= 15 is 0 Å². The number of carbonyl (C=O) groups is 1. The first-order valence-corrected chi connectivity index (χ1v) is 3.71. The SMILES string of the molecule is O=CN/C=C/c1cccs1. The van der Waals surface area contributed by atoms with Crippen LogP contribution in [0.2, 0.25) is 0 Å². The van der Waals surface area contributed by atoms with E-state index in [0.717, 1.165) is 4.88 Å². The van der Waals surface area contributed by atoms with Crippen molar-refractivity contribution in [2.24, 2.45) is 0 Å². The molecular weight excluding hydrogens is 146 g/mol. The van der Waals surface area contributed by atoms with Gasteiger partial charge in [0, 0.05) is 11.1 Å². The fourth-order valence-corrected chi connectivity index (χ4v) is 1.17. The predicted octanol–water partition coefficient (Wildman–Crippen LogP) is 1.46. The van der Waals surface area contributed by atoms with Crippen molar-refractivity contribution in [2.75, 3.05) is 0 Å². The van der Waals surface area contributed by atoms with Crippen LogP contribution in [0.3, 0.4) is 0 Å². The predicted molar refractivity (Wildman–Crippen MR) is 42.6 cm³/mol. The van der Waals surface area contributed by atoms with Crippen molar-refractivity contribution in [3.05, 3.63) is 28.6 Å². The molecule has 0 fully saturated rings. The molecule has 0 aliphatic rings. The van der Waals surface area contributed by atoms with Gasteiger partial charge in [0.15, 0.2) is 0 Å². The Morgan fingerprint density at radius 2 is 2.50 bits per heavy atom. The number of rotatable bonds is 3. The summed E-state index contributed by atoms with van der Waals surface area (Å²) in [7, 11) is 0. The van der Waals surface area contributed by atoms with Crippen molar-refractivity contribution >= 4 is 23.8 Å². The number of amides is 1. The number of nitrogens with one attached hydrogen (secondary N) is 1. The lowest BCUT2D eigenvalue weighted by Gasteiger charge is -1.81. The summed E-state index contributed by atoms with van der Waals surface area (Å²) >= 11 is 1.63. The Labute approximate surface area is 63.2 Å². The van der Waals surface area contributed by atoms with E-state index in [1.807, 2.05) is 23.6 Å². The van der Waals surface area contributed by atoms with Gasteiger partial charge in [-0.25, -0.2) is 0 Å². The molecule has 0 aromatic carbocycles. The summed E-state index contributed by atoms with van der Waals surface area (Å²) < 4.78 is 0. The van der Waals surface area contributed by atoms with E-state index < -0.39 is 0 Å². The van der Waals surface area contributed by atoms with Gasteiger partial charge in [-0.05, 0) is 17.5 Å². The molecule has 2 nitrogen and oxygen atoms in total. The Kier molecular flexibility index (Phi) is 2.70. The quantitative estimate of drug-likeness (QED) is 0.654. The third kappa shape index (κ3) is 2.03. The van der Waals surface area contributed by atoms with Gasteiger partial charge in [0.05, 0.1) is 0 Å². The molecule has 0 spiro atoms. The Balaban J connectivity index is 2.47. The monoisotopic (exact) mass is 153 g/mol. The van der Waals surface area contributed by atoms with Crippen molar-refractivity contribution in [2.45, 2.75) is 0 Å². The van der Waals surface area contributed by atoms with E-state index in [4.69, 9.17) is 0 Å². The first-order chi connectivity index (χ1) is 4.93. The maximum atomic E-state index is 9.77. The topological polar surface area (TPSA) is 29.1 Å². The van der Waals surface area contributed by atoms with Crippen LogP contribution in [-0.2, 0) is 4.79 Å². The van der Waals surface area contributed by atoms with Crippen LogP contribution in [0.15, 0.2) is 23.7 Å². The number of hydrogen-bond acceptors (Lipinski definition) is 2. The zero-order valence-electron chi connectivity index (χ0n) is 5.28. The molecular formula is C7H7NOS. The molecule has 1 aromatic rings. The highest BCUT2D eigenvalue weighted by Crippen LogP contribution is 2.08. The van der Waals surface area contributed by atoms with Crippen LogP contribution < -0.4 is 5.32 Å². The molecule has 10 heavy (non-hydrogen) atoms. The lowest BCUT2D eigenvalue weighted by atomic mass is 10.4. The normalized spacial score (nSPS) is 10.0. The van der Waals surface area contributed by atoms with E-state index in [-0.39, 0.29) is 0 Å². The van der Waals surface area contributed by atoms with Crippen molar-refractivity contribution in [1.82, 2.24) is 5.32 Å². The largest absolute Gasteiger partial charge is 0.335 e. The van der Waals surface area contributed by atoms with E-state index in [1.54, 1.807) is 17.5 Å². The zero-order chi connectivity index (χ0) is 7.23. The van der Waals surface area contributed by atoms with Gasteiger partial charge < -0.3 is 5.32 Å². The minimum absolute atomic E-state index is 0.643. The molecule has 0 aliphatic heterocycles. The van der Waals surface area contributed by atoms with Crippen molar-refractivity contribution < 1.29 is 4.79 Å². The van der Waals surface area contributed by atoms with Crippen LogP contribution in [0.5, 0.6) is 0 Å². The molecule has 0 saturated heterocycles. The summed E-state index contributed by atoms with van der Waals surface area (Å²) in [6.07, 6.45) is 4.10. The van der Waals surface area contributed by atoms with E-state index in [9.17, 15) is 4.79 Å². The molecule has 1 N–H and O–H groups in total. The molecule has 1 amide bonds.